The van der Waals surface area contributed by atoms with Crippen LogP contribution in [0.15, 0.2) is 10.5 Å². The molecule has 0 aromatic heterocycles. The van der Waals surface area contributed by atoms with Crippen molar-refractivity contribution in [2.45, 2.75) is 38.9 Å². The molecule has 2 amide bonds. The van der Waals surface area contributed by atoms with Gasteiger partial charge in [-0.3, -0.25) is 4.79 Å². The molecule has 1 aromatic rings. The number of benzene rings is 1. The molecule has 10 heteroatoms. The molecule has 2 aliphatic rings. The third-order valence-corrected chi connectivity index (χ3v) is 5.74. The van der Waals surface area contributed by atoms with Gasteiger partial charge in [-0.05, 0) is 49.2 Å². The van der Waals surface area contributed by atoms with E-state index in [-0.39, 0.29) is 30.5 Å². The topological polar surface area (TPSA) is 123 Å². The maximum atomic E-state index is 12.8. The molecular formula is C20H28BrN3O6. The zero-order valence-corrected chi connectivity index (χ0v) is 19.0. The Morgan fingerprint density at radius 2 is 2.00 bits per heavy atom. The normalized spacial score (nSPS) is 21.2. The smallest absolute Gasteiger partial charge is 0.410 e. The number of nitrogens with two attached hydrogens (primary N) is 1. The number of aliphatic hydroxyl groups is 1. The first-order chi connectivity index (χ1) is 14.1. The zero-order valence-electron chi connectivity index (χ0n) is 17.4. The Hall–Kier alpha value is -2.20. The summed E-state index contributed by atoms with van der Waals surface area (Å²) in [5.74, 6) is 0.211. The number of carbonyl (C=O) groups excluding carboxylic acids is 2. The van der Waals surface area contributed by atoms with Gasteiger partial charge >= 0.3 is 6.09 Å². The number of nitrogens with one attached hydrogen (secondary N) is 1. The minimum atomic E-state index is -0.768. The van der Waals surface area contributed by atoms with Crippen molar-refractivity contribution in [2.24, 2.45) is 5.92 Å². The number of fused-ring (bicyclic) bond motifs is 1. The zero-order chi connectivity index (χ0) is 22.1. The Kier molecular flexibility index (Phi) is 6.66. The second-order valence-corrected chi connectivity index (χ2v) is 9.23. The molecule has 4 N–H and O–H groups in total. The summed E-state index contributed by atoms with van der Waals surface area (Å²) in [6.45, 7) is 6.97. The number of piperidine rings is 1. The number of likely N-dealkylation sites (tertiary alicyclic amines) is 1. The number of hydrogen-bond donors (Lipinski definition) is 3. The van der Waals surface area contributed by atoms with Crippen LogP contribution in [-0.4, -0.2) is 66.6 Å². The summed E-state index contributed by atoms with van der Waals surface area (Å²) in [6.07, 6.45) is -0.672. The van der Waals surface area contributed by atoms with E-state index >= 15 is 0 Å². The van der Waals surface area contributed by atoms with Crippen LogP contribution in [0.25, 0.3) is 0 Å². The Bertz CT molecular complexity index is 826. The van der Waals surface area contributed by atoms with Crippen molar-refractivity contribution in [3.63, 3.8) is 0 Å². The van der Waals surface area contributed by atoms with Crippen molar-refractivity contribution in [1.82, 2.24) is 10.2 Å². The quantitative estimate of drug-likeness (QED) is 0.560. The van der Waals surface area contributed by atoms with Gasteiger partial charge in [0.25, 0.3) is 5.91 Å². The SMILES string of the molecule is CC(C)(C)OC(=O)N1CC[C@@H](CNC(=O)c2cc(N)c(Br)c3c2OCCO3)C(O)C1. The van der Waals surface area contributed by atoms with Crippen LogP contribution in [0.1, 0.15) is 37.6 Å². The van der Waals surface area contributed by atoms with Crippen molar-refractivity contribution in [1.29, 1.82) is 0 Å². The third-order valence-electron chi connectivity index (χ3n) is 4.92. The van der Waals surface area contributed by atoms with E-state index in [1.807, 2.05) is 0 Å². The van der Waals surface area contributed by atoms with Crippen molar-refractivity contribution in [3.05, 3.63) is 16.1 Å². The maximum absolute atomic E-state index is 12.8. The second kappa shape index (κ2) is 8.89. The summed E-state index contributed by atoms with van der Waals surface area (Å²) < 4.78 is 17.1. The number of nitrogen functional groups attached to an aromatic ring is 1. The molecule has 9 nitrogen and oxygen atoms in total. The number of carbonyl (C=O) groups is 2. The Balaban J connectivity index is 1.60. The van der Waals surface area contributed by atoms with E-state index in [1.165, 1.54) is 11.0 Å². The van der Waals surface area contributed by atoms with E-state index in [4.69, 9.17) is 19.9 Å². The minimum absolute atomic E-state index is 0.160. The monoisotopic (exact) mass is 485 g/mol. The molecule has 1 fully saturated rings. The number of aliphatic hydroxyl groups excluding tert-OH is 1. The lowest BCUT2D eigenvalue weighted by molar-refractivity contribution is -0.0122. The number of β-amino-alcohol motifs (C(OH)–C–C–N with tert-alkyl or cyclic N) is 1. The number of nitrogens with zero attached hydrogens (tertiary/aromatic N) is 1. The molecule has 1 saturated heterocycles. The fraction of sp³-hybridized carbons (Fsp3) is 0.600. The fourth-order valence-electron chi connectivity index (χ4n) is 3.40. The molecule has 1 aromatic carbocycles. The van der Waals surface area contributed by atoms with Crippen molar-refractivity contribution in [2.75, 3.05) is 38.6 Å². The first-order valence-electron chi connectivity index (χ1n) is 9.88. The van der Waals surface area contributed by atoms with Crippen LogP contribution in [0.2, 0.25) is 0 Å². The van der Waals surface area contributed by atoms with E-state index in [2.05, 4.69) is 21.2 Å². The highest BCUT2D eigenvalue weighted by atomic mass is 79.9. The summed E-state index contributed by atoms with van der Waals surface area (Å²) in [6, 6.07) is 1.54. The number of halogens is 1. The first kappa shape index (κ1) is 22.5. The summed E-state index contributed by atoms with van der Waals surface area (Å²) >= 11 is 3.36. The van der Waals surface area contributed by atoms with Gasteiger partial charge in [0.15, 0.2) is 11.5 Å². The highest BCUT2D eigenvalue weighted by Crippen LogP contribution is 2.43. The maximum Gasteiger partial charge on any atom is 0.410 e. The van der Waals surface area contributed by atoms with Gasteiger partial charge in [-0.15, -0.1) is 0 Å². The van der Waals surface area contributed by atoms with Gasteiger partial charge in [0, 0.05) is 19.0 Å². The molecule has 2 aliphatic heterocycles. The average Bonchev–Trinajstić information content (AvgIpc) is 2.68. The highest BCUT2D eigenvalue weighted by molar-refractivity contribution is 9.10. The van der Waals surface area contributed by atoms with Gasteiger partial charge in [-0.25, -0.2) is 4.79 Å². The number of hydrogen-bond acceptors (Lipinski definition) is 7. The highest BCUT2D eigenvalue weighted by Gasteiger charge is 2.33. The van der Waals surface area contributed by atoms with Crippen LogP contribution >= 0.6 is 15.9 Å². The van der Waals surface area contributed by atoms with Crippen molar-refractivity contribution >= 4 is 33.6 Å². The molecule has 2 heterocycles. The lowest BCUT2D eigenvalue weighted by Gasteiger charge is -2.36. The number of ether oxygens (including phenoxy) is 3. The Morgan fingerprint density at radius 1 is 1.33 bits per heavy atom. The largest absolute Gasteiger partial charge is 0.485 e. The van der Waals surface area contributed by atoms with Crippen LogP contribution < -0.4 is 20.5 Å². The van der Waals surface area contributed by atoms with E-state index < -0.39 is 17.8 Å². The van der Waals surface area contributed by atoms with Gasteiger partial charge in [0.2, 0.25) is 0 Å². The van der Waals surface area contributed by atoms with Gasteiger partial charge in [-0.2, -0.15) is 0 Å². The van der Waals surface area contributed by atoms with E-state index in [0.29, 0.717) is 47.8 Å². The van der Waals surface area contributed by atoms with E-state index in [1.54, 1.807) is 20.8 Å². The lowest BCUT2D eigenvalue weighted by Crippen LogP contribution is -2.50. The molecule has 0 spiro atoms. The summed E-state index contributed by atoms with van der Waals surface area (Å²) in [4.78, 5) is 26.5. The summed E-state index contributed by atoms with van der Waals surface area (Å²) in [5.41, 5.74) is 6.04. The number of rotatable bonds is 3. The number of amides is 2. The van der Waals surface area contributed by atoms with Crippen molar-refractivity contribution in [3.8, 4) is 11.5 Å². The predicted molar refractivity (Wildman–Crippen MR) is 114 cm³/mol. The molecule has 0 saturated carbocycles. The summed E-state index contributed by atoms with van der Waals surface area (Å²) in [5, 5.41) is 13.3. The predicted octanol–water partition coefficient (Wildman–Crippen LogP) is 2.15. The Labute approximate surface area is 184 Å². The molecule has 30 heavy (non-hydrogen) atoms. The standard InChI is InChI=1S/C20H28BrN3O6/c1-20(2,3)30-19(27)24-5-4-11(14(25)10-24)9-23-18(26)12-8-13(22)15(21)17-16(12)28-6-7-29-17/h8,11,14,25H,4-7,9-10,22H2,1-3H3,(H,23,26)/t11-,14?/m0/s1. The summed E-state index contributed by atoms with van der Waals surface area (Å²) in [7, 11) is 0. The average molecular weight is 486 g/mol. The van der Waals surface area contributed by atoms with Crippen molar-refractivity contribution < 1.29 is 28.9 Å². The van der Waals surface area contributed by atoms with Crippen LogP contribution in [0, 0.1) is 5.92 Å². The van der Waals surface area contributed by atoms with Crippen LogP contribution in [0.4, 0.5) is 10.5 Å². The third kappa shape index (κ3) is 5.10. The van der Waals surface area contributed by atoms with Gasteiger partial charge in [0.05, 0.1) is 28.4 Å². The first-order valence-corrected chi connectivity index (χ1v) is 10.7. The van der Waals surface area contributed by atoms with Gasteiger partial charge < -0.3 is 35.3 Å². The molecule has 166 valence electrons. The second-order valence-electron chi connectivity index (χ2n) is 8.43. The molecule has 0 aliphatic carbocycles. The molecular weight excluding hydrogens is 458 g/mol. The van der Waals surface area contributed by atoms with Crippen LogP contribution in [0.3, 0.4) is 0 Å². The van der Waals surface area contributed by atoms with E-state index in [0.717, 1.165) is 0 Å². The molecule has 0 radical (unpaired) electrons. The van der Waals surface area contributed by atoms with Gasteiger partial charge in [0.1, 0.15) is 18.8 Å². The van der Waals surface area contributed by atoms with Crippen LogP contribution in [-0.2, 0) is 4.74 Å². The van der Waals surface area contributed by atoms with Crippen LogP contribution in [0.5, 0.6) is 11.5 Å². The minimum Gasteiger partial charge on any atom is -0.485 e. The molecule has 2 atom stereocenters. The molecule has 0 bridgehead atoms. The molecule has 1 unspecified atom stereocenters. The molecule has 3 rings (SSSR count). The number of anilines is 1. The fourth-order valence-corrected chi connectivity index (χ4v) is 3.80. The van der Waals surface area contributed by atoms with E-state index in [9.17, 15) is 14.7 Å². The van der Waals surface area contributed by atoms with Gasteiger partial charge in [-0.1, -0.05) is 0 Å². The lowest BCUT2D eigenvalue weighted by atomic mass is 9.94. The Morgan fingerprint density at radius 3 is 2.63 bits per heavy atom.